The van der Waals surface area contributed by atoms with Crippen LogP contribution in [0.15, 0.2) is 12.1 Å². The van der Waals surface area contributed by atoms with Crippen molar-refractivity contribution in [1.29, 1.82) is 0 Å². The van der Waals surface area contributed by atoms with Crippen molar-refractivity contribution in [2.45, 2.75) is 26.8 Å². The van der Waals surface area contributed by atoms with Crippen LogP contribution in [0.1, 0.15) is 28.5 Å². The van der Waals surface area contributed by atoms with E-state index < -0.39 is 0 Å². The number of thiazole rings is 1. The second-order valence-corrected chi connectivity index (χ2v) is 5.53. The van der Waals surface area contributed by atoms with Crippen LogP contribution in [0.3, 0.4) is 0 Å². The SMILES string of the molecule is Cc1nc(C)c(C(C)Nc2ccc3nnnn3n2)s1. The minimum Gasteiger partial charge on any atom is -0.361 e. The Hall–Kier alpha value is -2.09. The molecule has 0 spiro atoms. The lowest BCUT2D eigenvalue weighted by molar-refractivity contribution is 0.728. The summed E-state index contributed by atoms with van der Waals surface area (Å²) in [6.07, 6.45) is 0. The van der Waals surface area contributed by atoms with Gasteiger partial charge in [-0.05, 0) is 43.3 Å². The third-order valence-corrected chi connectivity index (χ3v) is 4.02. The molecule has 3 aromatic heterocycles. The third-order valence-electron chi connectivity index (χ3n) is 2.77. The lowest BCUT2D eigenvalue weighted by Gasteiger charge is -2.12. The van der Waals surface area contributed by atoms with Crippen LogP contribution >= 0.6 is 11.3 Å². The van der Waals surface area contributed by atoms with Crippen LogP contribution in [0, 0.1) is 13.8 Å². The maximum absolute atomic E-state index is 4.44. The Bertz CT molecular complexity index is 717. The van der Waals surface area contributed by atoms with E-state index in [4.69, 9.17) is 0 Å². The molecule has 1 unspecified atom stereocenters. The number of hydrogen-bond donors (Lipinski definition) is 1. The van der Waals surface area contributed by atoms with Gasteiger partial charge in [-0.1, -0.05) is 0 Å². The zero-order valence-electron chi connectivity index (χ0n) is 10.8. The number of nitrogens with one attached hydrogen (secondary N) is 1. The first kappa shape index (κ1) is 12.0. The Morgan fingerprint density at radius 3 is 2.89 bits per heavy atom. The summed E-state index contributed by atoms with van der Waals surface area (Å²) >= 11 is 1.70. The molecule has 0 bridgehead atoms. The normalized spacial score (nSPS) is 12.8. The second kappa shape index (κ2) is 4.54. The molecule has 0 aliphatic heterocycles. The number of aryl methyl sites for hydroxylation is 2. The molecule has 3 rings (SSSR count). The summed E-state index contributed by atoms with van der Waals surface area (Å²) in [5.74, 6) is 0.734. The van der Waals surface area contributed by atoms with Gasteiger partial charge in [0.15, 0.2) is 5.65 Å². The van der Waals surface area contributed by atoms with Crippen molar-refractivity contribution < 1.29 is 0 Å². The maximum atomic E-state index is 4.44. The van der Waals surface area contributed by atoms with E-state index in [1.165, 1.54) is 9.51 Å². The quantitative estimate of drug-likeness (QED) is 0.784. The van der Waals surface area contributed by atoms with Crippen LogP contribution in [-0.4, -0.2) is 30.2 Å². The highest BCUT2D eigenvalue weighted by Crippen LogP contribution is 2.26. The number of hydrogen-bond acceptors (Lipinski definition) is 7. The fourth-order valence-electron chi connectivity index (χ4n) is 1.96. The average molecular weight is 275 g/mol. The predicted molar refractivity (Wildman–Crippen MR) is 72.2 cm³/mol. The highest BCUT2D eigenvalue weighted by atomic mass is 32.1. The van der Waals surface area contributed by atoms with E-state index in [0.717, 1.165) is 16.5 Å². The minimum atomic E-state index is 0.146. The van der Waals surface area contributed by atoms with Crippen molar-refractivity contribution in [3.05, 3.63) is 27.7 Å². The first-order valence-electron chi connectivity index (χ1n) is 5.89. The van der Waals surface area contributed by atoms with Crippen LogP contribution in [0.4, 0.5) is 5.82 Å². The maximum Gasteiger partial charge on any atom is 0.200 e. The number of nitrogens with zero attached hydrogens (tertiary/aromatic N) is 6. The van der Waals surface area contributed by atoms with Gasteiger partial charge in [0, 0.05) is 4.88 Å². The van der Waals surface area contributed by atoms with Crippen LogP contribution < -0.4 is 5.32 Å². The zero-order chi connectivity index (χ0) is 13.4. The van der Waals surface area contributed by atoms with Gasteiger partial charge in [-0.3, -0.25) is 0 Å². The first-order chi connectivity index (χ1) is 9.13. The molecule has 0 radical (unpaired) electrons. The Balaban J connectivity index is 1.85. The lowest BCUT2D eigenvalue weighted by atomic mass is 10.2. The highest BCUT2D eigenvalue weighted by Gasteiger charge is 2.13. The molecular weight excluding hydrogens is 262 g/mol. The monoisotopic (exact) mass is 275 g/mol. The van der Waals surface area contributed by atoms with Gasteiger partial charge in [-0.25, -0.2) is 4.98 Å². The highest BCUT2D eigenvalue weighted by molar-refractivity contribution is 7.11. The number of tetrazole rings is 1. The molecule has 0 saturated heterocycles. The van der Waals surface area contributed by atoms with Crippen molar-refractivity contribution >= 4 is 22.8 Å². The van der Waals surface area contributed by atoms with Gasteiger partial charge < -0.3 is 5.32 Å². The molecule has 3 aromatic rings. The molecule has 3 heterocycles. The topological polar surface area (TPSA) is 80.9 Å². The van der Waals surface area contributed by atoms with E-state index >= 15 is 0 Å². The van der Waals surface area contributed by atoms with Crippen molar-refractivity contribution in [2.75, 3.05) is 5.32 Å². The van der Waals surface area contributed by atoms with Crippen LogP contribution in [0.5, 0.6) is 0 Å². The lowest BCUT2D eigenvalue weighted by Crippen LogP contribution is -2.09. The summed E-state index contributed by atoms with van der Waals surface area (Å²) < 4.78 is 1.40. The summed E-state index contributed by atoms with van der Waals surface area (Å²) in [6.45, 7) is 6.12. The minimum absolute atomic E-state index is 0.146. The van der Waals surface area contributed by atoms with E-state index in [9.17, 15) is 0 Å². The van der Waals surface area contributed by atoms with E-state index in [1.807, 2.05) is 26.0 Å². The summed E-state index contributed by atoms with van der Waals surface area (Å²) in [4.78, 5) is 5.65. The molecular formula is C11H13N7S. The van der Waals surface area contributed by atoms with Gasteiger partial charge in [0.1, 0.15) is 5.82 Å². The van der Waals surface area contributed by atoms with Gasteiger partial charge >= 0.3 is 0 Å². The van der Waals surface area contributed by atoms with Gasteiger partial charge in [0.25, 0.3) is 0 Å². The molecule has 7 nitrogen and oxygen atoms in total. The van der Waals surface area contributed by atoms with E-state index in [1.54, 1.807) is 11.3 Å². The van der Waals surface area contributed by atoms with E-state index in [2.05, 4.69) is 37.8 Å². The molecule has 0 saturated carbocycles. The van der Waals surface area contributed by atoms with Crippen LogP contribution in [-0.2, 0) is 0 Å². The Morgan fingerprint density at radius 2 is 2.16 bits per heavy atom. The molecule has 0 amide bonds. The predicted octanol–water partition coefficient (Wildman–Crippen LogP) is 1.77. The number of fused-ring (bicyclic) bond motifs is 1. The zero-order valence-corrected chi connectivity index (χ0v) is 11.6. The van der Waals surface area contributed by atoms with Crippen molar-refractivity contribution in [3.63, 3.8) is 0 Å². The van der Waals surface area contributed by atoms with E-state index in [-0.39, 0.29) is 6.04 Å². The largest absolute Gasteiger partial charge is 0.361 e. The molecule has 1 N–H and O–H groups in total. The van der Waals surface area contributed by atoms with Gasteiger partial charge in [-0.15, -0.1) is 26.2 Å². The average Bonchev–Trinajstić information content (AvgIpc) is 2.94. The summed E-state index contributed by atoms with van der Waals surface area (Å²) in [5.41, 5.74) is 1.69. The summed E-state index contributed by atoms with van der Waals surface area (Å²) in [7, 11) is 0. The fraction of sp³-hybridized carbons (Fsp3) is 0.364. The van der Waals surface area contributed by atoms with E-state index in [0.29, 0.717) is 5.65 Å². The van der Waals surface area contributed by atoms with Crippen LogP contribution in [0.2, 0.25) is 0 Å². The molecule has 0 aliphatic rings. The third kappa shape index (κ3) is 2.26. The fourth-order valence-corrected chi connectivity index (χ4v) is 2.89. The molecule has 98 valence electrons. The molecule has 0 aromatic carbocycles. The van der Waals surface area contributed by atoms with Crippen molar-refractivity contribution in [2.24, 2.45) is 0 Å². The first-order valence-corrected chi connectivity index (χ1v) is 6.71. The number of rotatable bonds is 3. The molecule has 0 fully saturated rings. The Labute approximate surface area is 113 Å². The smallest absolute Gasteiger partial charge is 0.200 e. The molecule has 8 heteroatoms. The molecule has 0 aliphatic carbocycles. The standard InChI is InChI=1S/C11H13N7S/c1-6-11(19-8(3)12-6)7(2)13-9-4-5-10-14-16-17-18(10)15-9/h4-5,7H,1-3H3,(H,13,15). The summed E-state index contributed by atoms with van der Waals surface area (Å²) in [5, 5.41) is 19.9. The van der Waals surface area contributed by atoms with Gasteiger partial charge in [-0.2, -0.15) is 0 Å². The number of anilines is 1. The summed E-state index contributed by atoms with van der Waals surface area (Å²) in [6, 6.07) is 3.84. The second-order valence-electron chi connectivity index (χ2n) is 4.29. The van der Waals surface area contributed by atoms with Crippen molar-refractivity contribution in [1.82, 2.24) is 30.2 Å². The Morgan fingerprint density at radius 1 is 1.32 bits per heavy atom. The molecule has 1 atom stereocenters. The van der Waals surface area contributed by atoms with Crippen molar-refractivity contribution in [3.8, 4) is 0 Å². The van der Waals surface area contributed by atoms with Gasteiger partial charge in [0.05, 0.1) is 16.7 Å². The van der Waals surface area contributed by atoms with Gasteiger partial charge in [0.2, 0.25) is 0 Å². The number of aromatic nitrogens is 6. The van der Waals surface area contributed by atoms with Crippen LogP contribution in [0.25, 0.3) is 5.65 Å². The molecule has 19 heavy (non-hydrogen) atoms. The Kier molecular flexibility index (Phi) is 2.86.